The van der Waals surface area contributed by atoms with Crippen LogP contribution >= 0.6 is 11.8 Å². The van der Waals surface area contributed by atoms with Gasteiger partial charge in [0.1, 0.15) is 11.5 Å². The third-order valence-corrected chi connectivity index (χ3v) is 3.81. The fraction of sp³-hybridized carbons (Fsp3) is 0.0714. The van der Waals surface area contributed by atoms with Gasteiger partial charge >= 0.3 is 5.97 Å². The second-order valence-electron chi connectivity index (χ2n) is 4.37. The van der Waals surface area contributed by atoms with E-state index in [1.54, 1.807) is 30.6 Å². The predicted octanol–water partition coefficient (Wildman–Crippen LogP) is 2.19. The maximum atomic E-state index is 14.0. The predicted molar refractivity (Wildman–Crippen MR) is 79.9 cm³/mol. The molecule has 1 aromatic carbocycles. The maximum Gasteiger partial charge on any atom is 0.358 e. The van der Waals surface area contributed by atoms with Gasteiger partial charge in [-0.3, -0.25) is 0 Å². The number of thioether (sulfide) groups is 1. The number of nitrogens with zero attached hydrogens (tertiary/aromatic N) is 5. The molecule has 2 aromatic heterocycles. The molecule has 2 heterocycles. The summed E-state index contributed by atoms with van der Waals surface area (Å²) in [4.78, 5) is 19.4. The number of para-hydroxylation sites is 1. The van der Waals surface area contributed by atoms with Gasteiger partial charge in [-0.25, -0.2) is 23.8 Å². The van der Waals surface area contributed by atoms with E-state index in [0.717, 1.165) is 0 Å². The Hall–Kier alpha value is -2.81. The molecule has 0 bridgehead atoms. The van der Waals surface area contributed by atoms with Crippen molar-refractivity contribution in [1.82, 2.24) is 25.0 Å². The highest BCUT2D eigenvalue weighted by Gasteiger charge is 2.21. The van der Waals surface area contributed by atoms with Gasteiger partial charge in [0.15, 0.2) is 10.9 Å². The minimum absolute atomic E-state index is 0.136. The van der Waals surface area contributed by atoms with E-state index in [2.05, 4.69) is 20.3 Å². The molecule has 1 N–H and O–H groups in total. The molecule has 116 valence electrons. The molecule has 0 aliphatic carbocycles. The summed E-state index contributed by atoms with van der Waals surface area (Å²) in [5.74, 6) is -1.55. The third kappa shape index (κ3) is 3.19. The molecule has 0 radical (unpaired) electrons. The highest BCUT2D eigenvalue weighted by atomic mass is 32.2. The van der Waals surface area contributed by atoms with E-state index >= 15 is 0 Å². The van der Waals surface area contributed by atoms with Crippen molar-refractivity contribution in [1.29, 1.82) is 0 Å². The van der Waals surface area contributed by atoms with Gasteiger partial charge in [-0.15, -0.1) is 5.10 Å². The van der Waals surface area contributed by atoms with Crippen LogP contribution in [0.4, 0.5) is 4.39 Å². The number of hydrogen-bond acceptors (Lipinski definition) is 6. The maximum absolute atomic E-state index is 14.0. The molecule has 0 atom stereocenters. The van der Waals surface area contributed by atoms with Crippen molar-refractivity contribution in [2.24, 2.45) is 0 Å². The van der Waals surface area contributed by atoms with E-state index in [-0.39, 0.29) is 22.8 Å². The Labute approximate surface area is 134 Å². The van der Waals surface area contributed by atoms with E-state index < -0.39 is 11.8 Å². The lowest BCUT2D eigenvalue weighted by Gasteiger charge is -2.07. The summed E-state index contributed by atoms with van der Waals surface area (Å²) in [5, 5.41) is 17.1. The summed E-state index contributed by atoms with van der Waals surface area (Å²) in [6.07, 6.45) is 3.17. The number of rotatable bonds is 5. The summed E-state index contributed by atoms with van der Waals surface area (Å²) in [6, 6.07) is 7.63. The van der Waals surface area contributed by atoms with E-state index in [9.17, 15) is 14.3 Å². The Morgan fingerprint density at radius 1 is 1.22 bits per heavy atom. The van der Waals surface area contributed by atoms with E-state index in [0.29, 0.717) is 5.16 Å². The van der Waals surface area contributed by atoms with Gasteiger partial charge in [0.2, 0.25) is 0 Å². The van der Waals surface area contributed by atoms with Crippen molar-refractivity contribution in [2.75, 3.05) is 0 Å². The van der Waals surface area contributed by atoms with Crippen molar-refractivity contribution in [2.45, 2.75) is 10.9 Å². The molecule has 0 amide bonds. The quantitative estimate of drug-likeness (QED) is 0.565. The third-order valence-electron chi connectivity index (χ3n) is 2.93. The smallest absolute Gasteiger partial charge is 0.358 e. The summed E-state index contributed by atoms with van der Waals surface area (Å²) in [6.45, 7) is 0. The summed E-state index contributed by atoms with van der Waals surface area (Å²) in [7, 11) is 0. The molecular weight excluding hydrogens is 321 g/mol. The molecule has 3 rings (SSSR count). The first-order chi connectivity index (χ1) is 11.2. The average molecular weight is 331 g/mol. The van der Waals surface area contributed by atoms with Crippen LogP contribution in [0, 0.1) is 5.82 Å². The molecule has 0 spiro atoms. The normalized spacial score (nSPS) is 10.7. The lowest BCUT2D eigenvalue weighted by atomic mass is 10.3. The Morgan fingerprint density at radius 3 is 2.65 bits per heavy atom. The van der Waals surface area contributed by atoms with Crippen molar-refractivity contribution in [3.8, 4) is 5.69 Å². The van der Waals surface area contributed by atoms with Crippen molar-refractivity contribution >= 4 is 17.7 Å². The molecule has 0 aliphatic rings. The van der Waals surface area contributed by atoms with E-state index in [1.807, 2.05) is 0 Å². The van der Waals surface area contributed by atoms with Crippen LogP contribution in [0.3, 0.4) is 0 Å². The van der Waals surface area contributed by atoms with Gasteiger partial charge in [-0.05, 0) is 18.2 Å². The number of aromatic nitrogens is 5. The number of carboxylic acid groups (broad SMARTS) is 1. The number of hydrogen-bond donors (Lipinski definition) is 1. The molecule has 0 unspecified atom stereocenters. The molecule has 0 aliphatic heterocycles. The van der Waals surface area contributed by atoms with Gasteiger partial charge in [0.25, 0.3) is 0 Å². The zero-order valence-corrected chi connectivity index (χ0v) is 12.4. The number of halogens is 1. The minimum atomic E-state index is -1.22. The van der Waals surface area contributed by atoms with Crippen LogP contribution in [-0.4, -0.2) is 36.0 Å². The lowest BCUT2D eigenvalue weighted by molar-refractivity contribution is 0.0689. The zero-order chi connectivity index (χ0) is 16.2. The first-order valence-corrected chi connectivity index (χ1v) is 7.48. The highest BCUT2D eigenvalue weighted by molar-refractivity contribution is 7.98. The highest BCUT2D eigenvalue weighted by Crippen LogP contribution is 2.23. The van der Waals surface area contributed by atoms with Crippen molar-refractivity contribution in [3.05, 3.63) is 59.9 Å². The van der Waals surface area contributed by atoms with Gasteiger partial charge in [0.05, 0.1) is 5.69 Å². The number of carboxylic acids is 1. The van der Waals surface area contributed by atoms with Crippen LogP contribution < -0.4 is 0 Å². The second-order valence-corrected chi connectivity index (χ2v) is 5.32. The first kappa shape index (κ1) is 15.1. The summed E-state index contributed by atoms with van der Waals surface area (Å²) < 4.78 is 15.2. The zero-order valence-electron chi connectivity index (χ0n) is 11.6. The Balaban J connectivity index is 1.98. The summed E-state index contributed by atoms with van der Waals surface area (Å²) in [5.41, 5.74) is 0.175. The fourth-order valence-electron chi connectivity index (χ4n) is 1.91. The minimum Gasteiger partial charge on any atom is -0.476 e. The molecule has 7 nitrogen and oxygen atoms in total. The number of aromatic carboxylic acids is 1. The molecule has 0 saturated heterocycles. The summed E-state index contributed by atoms with van der Waals surface area (Å²) >= 11 is 1.22. The lowest BCUT2D eigenvalue weighted by Crippen LogP contribution is -2.07. The molecule has 0 fully saturated rings. The molecule has 3 aromatic rings. The largest absolute Gasteiger partial charge is 0.476 e. The van der Waals surface area contributed by atoms with Crippen LogP contribution in [0.5, 0.6) is 0 Å². The number of carbonyl (C=O) groups is 1. The van der Waals surface area contributed by atoms with Gasteiger partial charge in [-0.1, -0.05) is 29.1 Å². The van der Waals surface area contributed by atoms with Crippen LogP contribution in [0.2, 0.25) is 0 Å². The molecule has 23 heavy (non-hydrogen) atoms. The van der Waals surface area contributed by atoms with Crippen LogP contribution in [-0.2, 0) is 5.75 Å². The number of benzene rings is 1. The van der Waals surface area contributed by atoms with Gasteiger partial charge in [0, 0.05) is 18.1 Å². The van der Waals surface area contributed by atoms with Crippen LogP contribution in [0.25, 0.3) is 5.69 Å². The van der Waals surface area contributed by atoms with Gasteiger partial charge in [-0.2, -0.15) is 0 Å². The van der Waals surface area contributed by atoms with Crippen LogP contribution in [0.15, 0.2) is 47.9 Å². The standard InChI is InChI=1S/C14H10FN5O2S/c15-9-4-1-2-5-10(9)20-11(12(13(21)22)18-19-20)8-23-14-16-6-3-7-17-14/h1-7H,8H2,(H,21,22). The van der Waals surface area contributed by atoms with Crippen LogP contribution in [0.1, 0.15) is 16.2 Å². The van der Waals surface area contributed by atoms with Crippen molar-refractivity contribution in [3.63, 3.8) is 0 Å². The fourth-order valence-corrected chi connectivity index (χ4v) is 2.70. The van der Waals surface area contributed by atoms with E-state index in [1.165, 1.54) is 28.6 Å². The van der Waals surface area contributed by atoms with Gasteiger partial charge < -0.3 is 5.11 Å². The molecule has 0 saturated carbocycles. The molecule has 9 heteroatoms. The Kier molecular flexibility index (Phi) is 4.29. The second kappa shape index (κ2) is 6.53. The van der Waals surface area contributed by atoms with E-state index in [4.69, 9.17) is 0 Å². The SMILES string of the molecule is O=C(O)c1nnn(-c2ccccc2F)c1CSc1ncccn1. The topological polar surface area (TPSA) is 93.8 Å². The Bertz CT molecular complexity index is 840. The Morgan fingerprint density at radius 2 is 1.96 bits per heavy atom. The monoisotopic (exact) mass is 331 g/mol. The first-order valence-electron chi connectivity index (χ1n) is 6.49. The molecular formula is C14H10FN5O2S. The van der Waals surface area contributed by atoms with Crippen molar-refractivity contribution < 1.29 is 14.3 Å². The average Bonchev–Trinajstić information content (AvgIpc) is 2.98.